The molecule has 0 saturated carbocycles. The van der Waals surface area contributed by atoms with E-state index in [-0.39, 0.29) is 6.04 Å². The van der Waals surface area contributed by atoms with E-state index in [1.54, 1.807) is 0 Å². The van der Waals surface area contributed by atoms with Crippen LogP contribution in [0.4, 0.5) is 4.79 Å². The minimum atomic E-state index is -3.92. The number of aromatic nitrogens is 2. The van der Waals surface area contributed by atoms with Crippen molar-refractivity contribution in [3.63, 3.8) is 0 Å². The number of benzene rings is 1. The van der Waals surface area contributed by atoms with Crippen LogP contribution in [-0.4, -0.2) is 76.5 Å². The number of amides is 1. The molecule has 10 nitrogen and oxygen atoms in total. The van der Waals surface area contributed by atoms with Gasteiger partial charge in [-0.05, 0) is 82.9 Å². The summed E-state index contributed by atoms with van der Waals surface area (Å²) in [5.41, 5.74) is 0.922. The summed E-state index contributed by atoms with van der Waals surface area (Å²) in [5.74, 6) is 0. The normalized spacial score (nSPS) is 13.3. The number of rotatable bonds is 12. The van der Waals surface area contributed by atoms with Crippen LogP contribution in [0.15, 0.2) is 41.0 Å². The number of nitrogens with zero attached hydrogens (tertiary/aromatic N) is 3. The molecule has 2 aromatic rings. The summed E-state index contributed by atoms with van der Waals surface area (Å²) in [6.07, 6.45) is 0.139. The molecule has 1 N–H and O–H groups in total. The Balaban J connectivity index is 0.00000146. The average molecular weight is 648 g/mol. The lowest BCUT2D eigenvalue weighted by Gasteiger charge is -2.37. The van der Waals surface area contributed by atoms with Gasteiger partial charge in [-0.15, -0.1) is 0 Å². The number of halogens is 1. The molecule has 0 radical (unpaired) electrons. The van der Waals surface area contributed by atoms with E-state index in [2.05, 4.69) is 48.1 Å². The monoisotopic (exact) mass is 646 g/mol. The standard InChI is InChI=1S/C27H43BrN4O3.CH4O3S/c1-9-32(10-2,11-3)19-22-17-24(28)30-31(22)18-23(29-25(33)35-26(4,5)6)27(7,8)34-20-21-15-13-12-14-16-21;1-5(2,3)4/h12-17,23H,9-11,18-20H2,1-8H3;1H3,(H,2,3,4). The van der Waals surface area contributed by atoms with E-state index in [0.29, 0.717) is 19.4 Å². The van der Waals surface area contributed by atoms with Crippen LogP contribution in [0.25, 0.3) is 0 Å². The summed E-state index contributed by atoms with van der Waals surface area (Å²) < 4.78 is 42.9. The Bertz CT molecular complexity index is 1140. The Labute approximate surface area is 248 Å². The van der Waals surface area contributed by atoms with Crippen LogP contribution in [0.3, 0.4) is 0 Å². The second-order valence-corrected chi connectivity index (χ2v) is 13.6. The first-order valence-corrected chi connectivity index (χ1v) is 16.1. The molecule has 1 aromatic carbocycles. The average Bonchev–Trinajstić information content (AvgIpc) is 3.17. The lowest BCUT2D eigenvalue weighted by molar-refractivity contribution is -0.936. The molecule has 1 atom stereocenters. The van der Waals surface area contributed by atoms with Crippen LogP contribution in [0.1, 0.15) is 66.6 Å². The van der Waals surface area contributed by atoms with E-state index in [4.69, 9.17) is 27.5 Å². The maximum Gasteiger partial charge on any atom is 0.408 e. The second kappa shape index (κ2) is 15.3. The van der Waals surface area contributed by atoms with E-state index in [1.807, 2.05) is 69.6 Å². The number of quaternary nitrogens is 1. The molecule has 40 heavy (non-hydrogen) atoms. The lowest BCUT2D eigenvalue weighted by atomic mass is 9.98. The summed E-state index contributed by atoms with van der Waals surface area (Å²) in [4.78, 5) is 12.8. The van der Waals surface area contributed by atoms with Crippen molar-refractivity contribution < 1.29 is 31.7 Å². The van der Waals surface area contributed by atoms with Gasteiger partial charge in [0.05, 0.1) is 60.2 Å². The number of nitrogens with one attached hydrogen (secondary N) is 1. The smallest absolute Gasteiger partial charge is 0.408 e. The van der Waals surface area contributed by atoms with Gasteiger partial charge in [0.2, 0.25) is 0 Å². The molecule has 228 valence electrons. The maximum atomic E-state index is 12.8. The highest BCUT2D eigenvalue weighted by Crippen LogP contribution is 2.23. The molecule has 0 aliphatic rings. The fourth-order valence-corrected chi connectivity index (χ4v) is 4.52. The maximum absolute atomic E-state index is 12.8. The Morgan fingerprint density at radius 3 is 2.10 bits per heavy atom. The zero-order chi connectivity index (χ0) is 30.8. The van der Waals surface area contributed by atoms with E-state index in [9.17, 15) is 4.79 Å². The summed E-state index contributed by atoms with van der Waals surface area (Å²) >= 11 is 3.57. The summed E-state index contributed by atoms with van der Waals surface area (Å²) in [7, 11) is -3.92. The van der Waals surface area contributed by atoms with Crippen molar-refractivity contribution in [1.29, 1.82) is 0 Å². The Morgan fingerprint density at radius 2 is 1.62 bits per heavy atom. The zero-order valence-corrected chi connectivity index (χ0v) is 27.8. The molecule has 0 saturated heterocycles. The molecule has 0 fully saturated rings. The van der Waals surface area contributed by atoms with Crippen molar-refractivity contribution in [2.24, 2.45) is 0 Å². The number of hydrogen-bond donors (Lipinski definition) is 1. The van der Waals surface area contributed by atoms with Gasteiger partial charge in [-0.3, -0.25) is 4.68 Å². The minimum absolute atomic E-state index is 0.376. The molecule has 1 amide bonds. The fraction of sp³-hybridized carbons (Fsp3) is 0.643. The summed E-state index contributed by atoms with van der Waals surface area (Å²) in [6.45, 7) is 21.2. The molecule has 1 heterocycles. The van der Waals surface area contributed by atoms with Crippen LogP contribution in [0.5, 0.6) is 0 Å². The first-order chi connectivity index (χ1) is 18.3. The van der Waals surface area contributed by atoms with Crippen LogP contribution < -0.4 is 5.32 Å². The highest BCUT2D eigenvalue weighted by Gasteiger charge is 2.35. The topological polar surface area (TPSA) is 123 Å². The third kappa shape index (κ3) is 13.6. The molecular weight excluding hydrogens is 600 g/mol. The highest BCUT2D eigenvalue weighted by atomic mass is 79.9. The van der Waals surface area contributed by atoms with Gasteiger partial charge in [-0.25, -0.2) is 13.2 Å². The molecule has 2 rings (SSSR count). The summed E-state index contributed by atoms with van der Waals surface area (Å²) in [5, 5.41) is 7.80. The van der Waals surface area contributed by atoms with Crippen molar-refractivity contribution in [2.75, 3.05) is 25.9 Å². The first-order valence-electron chi connectivity index (χ1n) is 13.5. The predicted molar refractivity (Wildman–Crippen MR) is 160 cm³/mol. The number of carbonyl (C=O) groups is 1. The third-order valence-corrected chi connectivity index (χ3v) is 7.07. The largest absolute Gasteiger partial charge is 0.748 e. The van der Waals surface area contributed by atoms with E-state index < -0.39 is 27.4 Å². The predicted octanol–water partition coefficient (Wildman–Crippen LogP) is 5.07. The lowest BCUT2D eigenvalue weighted by Crippen LogP contribution is -2.54. The van der Waals surface area contributed by atoms with Crippen molar-refractivity contribution >= 4 is 32.1 Å². The van der Waals surface area contributed by atoms with Gasteiger partial charge < -0.3 is 23.8 Å². The SMILES string of the molecule is CC[N+](CC)(CC)Cc1cc(Br)nn1CC(NC(=O)OC(C)(C)C)C(C)(C)OCc1ccccc1.CS(=O)(=O)[O-]. The minimum Gasteiger partial charge on any atom is -0.748 e. The van der Waals surface area contributed by atoms with E-state index in [1.165, 1.54) is 0 Å². The second-order valence-electron chi connectivity index (χ2n) is 11.4. The molecular formula is C28H47BrN4O6S. The third-order valence-electron chi connectivity index (χ3n) is 6.68. The number of alkyl carbamates (subject to hydrolysis) is 1. The summed E-state index contributed by atoms with van der Waals surface area (Å²) in [6, 6.07) is 11.7. The van der Waals surface area contributed by atoms with E-state index >= 15 is 0 Å². The fourth-order valence-electron chi connectivity index (χ4n) is 4.06. The van der Waals surface area contributed by atoms with Crippen molar-refractivity contribution in [2.45, 2.75) is 92.3 Å². The quantitative estimate of drug-likeness (QED) is 0.252. The molecule has 0 aliphatic carbocycles. The molecule has 0 aliphatic heterocycles. The van der Waals surface area contributed by atoms with Gasteiger partial charge >= 0.3 is 6.09 Å². The number of carbonyl (C=O) groups excluding carboxylic acids is 1. The molecule has 12 heteroatoms. The van der Waals surface area contributed by atoms with Gasteiger partial charge in [0.25, 0.3) is 0 Å². The van der Waals surface area contributed by atoms with Gasteiger partial charge in [0, 0.05) is 6.26 Å². The van der Waals surface area contributed by atoms with Crippen LogP contribution in [0, 0.1) is 0 Å². The van der Waals surface area contributed by atoms with E-state index in [0.717, 1.165) is 46.5 Å². The first kappa shape index (κ1) is 36.0. The van der Waals surface area contributed by atoms with Crippen LogP contribution in [0.2, 0.25) is 0 Å². The number of hydrogen-bond acceptors (Lipinski definition) is 7. The van der Waals surface area contributed by atoms with Crippen LogP contribution >= 0.6 is 15.9 Å². The number of ether oxygens (including phenoxy) is 2. The van der Waals surface area contributed by atoms with Crippen LogP contribution in [-0.2, 0) is 39.3 Å². The molecule has 0 bridgehead atoms. The Kier molecular flexibility index (Phi) is 13.8. The molecule has 1 unspecified atom stereocenters. The van der Waals surface area contributed by atoms with Gasteiger partial charge in [-0.1, -0.05) is 30.3 Å². The Morgan fingerprint density at radius 1 is 1.10 bits per heavy atom. The van der Waals surface area contributed by atoms with Gasteiger partial charge in [0.15, 0.2) is 0 Å². The molecule has 0 spiro atoms. The molecule has 1 aromatic heterocycles. The van der Waals surface area contributed by atoms with Crippen molar-refractivity contribution in [3.8, 4) is 0 Å². The van der Waals surface area contributed by atoms with Crippen molar-refractivity contribution in [1.82, 2.24) is 15.1 Å². The van der Waals surface area contributed by atoms with Gasteiger partial charge in [-0.2, -0.15) is 5.10 Å². The Hall–Kier alpha value is -1.99. The van der Waals surface area contributed by atoms with Gasteiger partial charge in [0.1, 0.15) is 16.7 Å². The highest BCUT2D eigenvalue weighted by molar-refractivity contribution is 9.10. The zero-order valence-electron chi connectivity index (χ0n) is 25.4. The van der Waals surface area contributed by atoms with Crippen molar-refractivity contribution in [3.05, 3.63) is 52.3 Å².